The first-order chi connectivity index (χ1) is 12.5. The fourth-order valence-corrected chi connectivity index (χ4v) is 3.92. The lowest BCUT2D eigenvalue weighted by Gasteiger charge is -2.09. The van der Waals surface area contributed by atoms with Crippen molar-refractivity contribution in [1.29, 1.82) is 0 Å². The zero-order chi connectivity index (χ0) is 19.0. The highest BCUT2D eigenvalue weighted by Gasteiger charge is 2.14. The Balaban J connectivity index is 2.08. The summed E-state index contributed by atoms with van der Waals surface area (Å²) in [6, 6.07) is 13.5. The molecule has 0 unspecified atom stereocenters. The Morgan fingerprint density at radius 3 is 2.54 bits per heavy atom. The second-order valence-electron chi connectivity index (χ2n) is 5.50. The summed E-state index contributed by atoms with van der Waals surface area (Å²) in [5, 5.41) is 2.73. The number of sulfonamides is 1. The smallest absolute Gasteiger partial charge is 0.255 e. The maximum Gasteiger partial charge on any atom is 0.255 e. The second kappa shape index (κ2) is 9.72. The fraction of sp³-hybridized carbons (Fsp3) is 0.278. The van der Waals surface area contributed by atoms with Crippen LogP contribution in [0.5, 0.6) is 0 Å². The van der Waals surface area contributed by atoms with Gasteiger partial charge in [-0.25, -0.2) is 13.1 Å². The summed E-state index contributed by atoms with van der Waals surface area (Å²) in [7, 11) is -3.64. The van der Waals surface area contributed by atoms with E-state index in [-0.39, 0.29) is 23.9 Å². The first kappa shape index (κ1) is 20.4. The van der Waals surface area contributed by atoms with E-state index in [0.717, 1.165) is 17.1 Å². The number of hydrogen-bond donors (Lipinski definition) is 3. The third-order valence-corrected chi connectivity index (χ3v) is 5.93. The molecule has 0 radical (unpaired) electrons. The molecule has 8 heteroatoms. The summed E-state index contributed by atoms with van der Waals surface area (Å²) in [6.07, 6.45) is 0. The third kappa shape index (κ3) is 5.84. The van der Waals surface area contributed by atoms with Gasteiger partial charge in [-0.2, -0.15) is 11.8 Å². The summed E-state index contributed by atoms with van der Waals surface area (Å²) in [6.45, 7) is 2.47. The molecule has 0 aromatic heterocycles. The van der Waals surface area contributed by atoms with Crippen LogP contribution in [0.25, 0.3) is 0 Å². The zero-order valence-corrected chi connectivity index (χ0v) is 16.2. The highest BCUT2D eigenvalue weighted by molar-refractivity contribution is 7.98. The van der Waals surface area contributed by atoms with Crippen molar-refractivity contribution in [3.63, 3.8) is 0 Å². The number of rotatable bonds is 9. The van der Waals surface area contributed by atoms with Crippen LogP contribution in [0.3, 0.4) is 0 Å². The van der Waals surface area contributed by atoms with E-state index in [1.165, 1.54) is 12.1 Å². The summed E-state index contributed by atoms with van der Waals surface area (Å²) in [4.78, 5) is 12.5. The van der Waals surface area contributed by atoms with Crippen molar-refractivity contribution in [2.24, 2.45) is 5.73 Å². The molecule has 2 rings (SSSR count). The molecule has 140 valence electrons. The quantitative estimate of drug-likeness (QED) is 0.607. The molecule has 0 heterocycles. The molecule has 0 aliphatic rings. The average Bonchev–Trinajstić information content (AvgIpc) is 2.65. The first-order valence-corrected chi connectivity index (χ1v) is 10.9. The molecule has 0 atom stereocenters. The van der Waals surface area contributed by atoms with Gasteiger partial charge in [0, 0.05) is 30.1 Å². The molecule has 4 N–H and O–H groups in total. The molecule has 0 aliphatic carbocycles. The van der Waals surface area contributed by atoms with Gasteiger partial charge in [0.15, 0.2) is 0 Å². The molecule has 6 nitrogen and oxygen atoms in total. The molecular formula is C18H23N3O3S2. The van der Waals surface area contributed by atoms with E-state index in [1.54, 1.807) is 24.3 Å². The van der Waals surface area contributed by atoms with Crippen LogP contribution in [0, 0.1) is 0 Å². The SMILES string of the molecule is CCSCc1ccc(C(=O)Nc2cccc(S(=O)(=O)NCCN)c2)cc1. The largest absolute Gasteiger partial charge is 0.329 e. The van der Waals surface area contributed by atoms with Gasteiger partial charge < -0.3 is 11.1 Å². The molecule has 0 bridgehead atoms. The summed E-state index contributed by atoms with van der Waals surface area (Å²) >= 11 is 1.82. The lowest BCUT2D eigenvalue weighted by molar-refractivity contribution is 0.102. The highest BCUT2D eigenvalue weighted by Crippen LogP contribution is 2.17. The van der Waals surface area contributed by atoms with Crippen molar-refractivity contribution in [3.8, 4) is 0 Å². The molecule has 0 saturated heterocycles. The van der Waals surface area contributed by atoms with Gasteiger partial charge in [0.1, 0.15) is 0 Å². The molecule has 2 aromatic rings. The summed E-state index contributed by atoms with van der Waals surface area (Å²) in [5.41, 5.74) is 7.42. The first-order valence-electron chi connectivity index (χ1n) is 8.24. The van der Waals surface area contributed by atoms with E-state index >= 15 is 0 Å². The van der Waals surface area contributed by atoms with Crippen LogP contribution >= 0.6 is 11.8 Å². The number of anilines is 1. The topological polar surface area (TPSA) is 101 Å². The van der Waals surface area contributed by atoms with Gasteiger partial charge >= 0.3 is 0 Å². The van der Waals surface area contributed by atoms with Crippen LogP contribution in [-0.2, 0) is 15.8 Å². The van der Waals surface area contributed by atoms with Crippen molar-refractivity contribution in [1.82, 2.24) is 4.72 Å². The lowest BCUT2D eigenvalue weighted by atomic mass is 10.1. The summed E-state index contributed by atoms with van der Waals surface area (Å²) < 4.78 is 26.7. The fourth-order valence-electron chi connectivity index (χ4n) is 2.19. The Morgan fingerprint density at radius 2 is 1.88 bits per heavy atom. The van der Waals surface area contributed by atoms with Crippen molar-refractivity contribution >= 4 is 33.4 Å². The molecule has 0 aliphatic heterocycles. The molecule has 26 heavy (non-hydrogen) atoms. The normalized spacial score (nSPS) is 11.3. The molecule has 1 amide bonds. The van der Waals surface area contributed by atoms with Gasteiger partial charge in [0.2, 0.25) is 10.0 Å². The van der Waals surface area contributed by atoms with Gasteiger partial charge in [-0.1, -0.05) is 25.1 Å². The zero-order valence-electron chi connectivity index (χ0n) is 14.6. The molecule has 2 aromatic carbocycles. The van der Waals surface area contributed by atoms with Crippen LogP contribution in [0.1, 0.15) is 22.8 Å². The minimum Gasteiger partial charge on any atom is -0.329 e. The number of hydrogen-bond acceptors (Lipinski definition) is 5. The lowest BCUT2D eigenvalue weighted by Crippen LogP contribution is -2.29. The van der Waals surface area contributed by atoms with E-state index in [1.807, 2.05) is 23.9 Å². The van der Waals surface area contributed by atoms with Crippen LogP contribution in [0.2, 0.25) is 0 Å². The molecule has 0 spiro atoms. The number of nitrogens with two attached hydrogens (primary N) is 1. The predicted molar refractivity (Wildman–Crippen MR) is 107 cm³/mol. The third-order valence-electron chi connectivity index (χ3n) is 3.53. The van der Waals surface area contributed by atoms with Gasteiger partial charge in [0.25, 0.3) is 5.91 Å². The van der Waals surface area contributed by atoms with E-state index in [4.69, 9.17) is 5.73 Å². The van der Waals surface area contributed by atoms with E-state index in [2.05, 4.69) is 17.0 Å². The predicted octanol–water partition coefficient (Wildman–Crippen LogP) is 2.43. The van der Waals surface area contributed by atoms with Crippen molar-refractivity contribution < 1.29 is 13.2 Å². The van der Waals surface area contributed by atoms with Crippen LogP contribution < -0.4 is 15.8 Å². The van der Waals surface area contributed by atoms with Gasteiger partial charge in [-0.05, 0) is 41.6 Å². The number of benzene rings is 2. The molecule has 0 fully saturated rings. The maximum atomic E-state index is 12.4. The average molecular weight is 394 g/mol. The minimum absolute atomic E-state index is 0.0793. The monoisotopic (exact) mass is 393 g/mol. The number of amides is 1. The standard InChI is InChI=1S/C18H23N3O3S2/c1-2-25-13-14-6-8-15(9-7-14)18(22)21-16-4-3-5-17(12-16)26(23,24)20-11-10-19/h3-9,12,20H,2,10-11,13,19H2,1H3,(H,21,22). The van der Waals surface area contributed by atoms with Crippen LogP contribution in [-0.4, -0.2) is 33.2 Å². The number of thioether (sulfide) groups is 1. The van der Waals surface area contributed by atoms with E-state index < -0.39 is 10.0 Å². The Kier molecular flexibility index (Phi) is 7.65. The summed E-state index contributed by atoms with van der Waals surface area (Å²) in [5.74, 6) is 1.67. The van der Waals surface area contributed by atoms with Crippen molar-refractivity contribution in [3.05, 3.63) is 59.7 Å². The van der Waals surface area contributed by atoms with Crippen LogP contribution in [0.4, 0.5) is 5.69 Å². The number of carbonyl (C=O) groups excluding carboxylic acids is 1. The van der Waals surface area contributed by atoms with Gasteiger partial charge in [-0.3, -0.25) is 4.79 Å². The minimum atomic E-state index is -3.64. The second-order valence-corrected chi connectivity index (χ2v) is 8.54. The van der Waals surface area contributed by atoms with Gasteiger partial charge in [0.05, 0.1) is 4.90 Å². The number of carbonyl (C=O) groups is 1. The van der Waals surface area contributed by atoms with E-state index in [9.17, 15) is 13.2 Å². The van der Waals surface area contributed by atoms with E-state index in [0.29, 0.717) is 11.3 Å². The van der Waals surface area contributed by atoms with Crippen LogP contribution in [0.15, 0.2) is 53.4 Å². The number of nitrogens with one attached hydrogen (secondary N) is 2. The Bertz CT molecular complexity index is 837. The Hall–Kier alpha value is -1.87. The maximum absolute atomic E-state index is 12.4. The highest BCUT2D eigenvalue weighted by atomic mass is 32.2. The van der Waals surface area contributed by atoms with Crippen molar-refractivity contribution in [2.45, 2.75) is 17.6 Å². The Morgan fingerprint density at radius 1 is 1.15 bits per heavy atom. The molecular weight excluding hydrogens is 370 g/mol. The van der Waals surface area contributed by atoms with Gasteiger partial charge in [-0.15, -0.1) is 0 Å². The Labute approximate surface area is 158 Å². The molecule has 0 saturated carbocycles. The van der Waals surface area contributed by atoms with Crippen molar-refractivity contribution in [2.75, 3.05) is 24.2 Å².